The minimum absolute atomic E-state index is 0.0937. The van der Waals surface area contributed by atoms with Crippen molar-refractivity contribution in [1.82, 2.24) is 10.2 Å². The normalized spacial score (nSPS) is 11.8. The van der Waals surface area contributed by atoms with Crippen molar-refractivity contribution in [1.29, 1.82) is 0 Å². The van der Waals surface area contributed by atoms with Crippen LogP contribution in [-0.4, -0.2) is 42.2 Å². The third-order valence-corrected chi connectivity index (χ3v) is 6.17. The predicted octanol–water partition coefficient (Wildman–Crippen LogP) is 4.91. The van der Waals surface area contributed by atoms with Gasteiger partial charge in [0.25, 0.3) is 0 Å². The lowest BCUT2D eigenvalue weighted by Gasteiger charge is -2.29. The summed E-state index contributed by atoms with van der Waals surface area (Å²) >= 11 is 7.35. The molecule has 0 spiro atoms. The van der Waals surface area contributed by atoms with Gasteiger partial charge in [-0.25, -0.2) is 4.39 Å². The van der Waals surface area contributed by atoms with Crippen LogP contribution in [0, 0.1) is 11.7 Å². The van der Waals surface area contributed by atoms with Crippen molar-refractivity contribution < 1.29 is 18.7 Å². The van der Waals surface area contributed by atoms with Crippen LogP contribution in [-0.2, 0) is 21.9 Å². The summed E-state index contributed by atoms with van der Waals surface area (Å²) in [6, 6.07) is 11.2. The average molecular weight is 481 g/mol. The Balaban J connectivity index is 2.12. The zero-order valence-corrected chi connectivity index (χ0v) is 20.4. The zero-order chi connectivity index (χ0) is 23.7. The van der Waals surface area contributed by atoms with E-state index >= 15 is 0 Å². The highest BCUT2D eigenvalue weighted by Crippen LogP contribution is 2.24. The number of hydrogen-bond acceptors (Lipinski definition) is 4. The molecule has 2 amide bonds. The lowest BCUT2D eigenvalue weighted by Crippen LogP contribution is -2.48. The number of halogens is 2. The molecule has 0 radical (unpaired) electrons. The molecule has 32 heavy (non-hydrogen) atoms. The monoisotopic (exact) mass is 480 g/mol. The fourth-order valence-corrected chi connectivity index (χ4v) is 4.25. The molecular weight excluding hydrogens is 451 g/mol. The Bertz CT molecular complexity index is 906. The smallest absolute Gasteiger partial charge is 0.242 e. The van der Waals surface area contributed by atoms with Crippen LogP contribution < -0.4 is 10.1 Å². The number of carbonyl (C=O) groups excluding carboxylic acids is 2. The van der Waals surface area contributed by atoms with E-state index in [1.54, 1.807) is 31.1 Å². The van der Waals surface area contributed by atoms with Gasteiger partial charge in [-0.15, -0.1) is 11.8 Å². The molecule has 1 N–H and O–H groups in total. The molecule has 0 bridgehead atoms. The summed E-state index contributed by atoms with van der Waals surface area (Å²) in [6.45, 7) is 6.52. The van der Waals surface area contributed by atoms with E-state index < -0.39 is 11.9 Å². The Kier molecular flexibility index (Phi) is 10.3. The van der Waals surface area contributed by atoms with Gasteiger partial charge >= 0.3 is 0 Å². The van der Waals surface area contributed by atoms with E-state index in [9.17, 15) is 14.0 Å². The summed E-state index contributed by atoms with van der Waals surface area (Å²) in [5.41, 5.74) is 1.22. The Morgan fingerprint density at radius 2 is 1.91 bits per heavy atom. The lowest BCUT2D eigenvalue weighted by molar-refractivity contribution is -0.138. The number of amides is 2. The van der Waals surface area contributed by atoms with Gasteiger partial charge in [-0.1, -0.05) is 43.6 Å². The van der Waals surface area contributed by atoms with Gasteiger partial charge in [-0.05, 0) is 42.7 Å². The van der Waals surface area contributed by atoms with Gasteiger partial charge in [0.05, 0.1) is 12.9 Å². The van der Waals surface area contributed by atoms with Crippen LogP contribution in [0.25, 0.3) is 0 Å². The second-order valence-electron chi connectivity index (χ2n) is 7.88. The average Bonchev–Trinajstić information content (AvgIpc) is 2.77. The van der Waals surface area contributed by atoms with Crippen LogP contribution in [0.5, 0.6) is 5.75 Å². The van der Waals surface area contributed by atoms with Crippen LogP contribution in [0.15, 0.2) is 42.5 Å². The van der Waals surface area contributed by atoms with E-state index in [4.69, 9.17) is 16.3 Å². The van der Waals surface area contributed by atoms with Crippen molar-refractivity contribution in [3.63, 3.8) is 0 Å². The first kappa shape index (κ1) is 26.0. The van der Waals surface area contributed by atoms with Crippen molar-refractivity contribution in [3.8, 4) is 5.75 Å². The molecule has 0 aliphatic rings. The molecule has 1 atom stereocenters. The molecule has 0 aliphatic carbocycles. The van der Waals surface area contributed by atoms with Crippen LogP contribution >= 0.6 is 23.4 Å². The van der Waals surface area contributed by atoms with Gasteiger partial charge in [0, 0.05) is 29.4 Å². The van der Waals surface area contributed by atoms with E-state index in [-0.39, 0.29) is 29.9 Å². The van der Waals surface area contributed by atoms with Gasteiger partial charge in [0.15, 0.2) is 0 Å². The summed E-state index contributed by atoms with van der Waals surface area (Å²) < 4.78 is 19.3. The molecule has 1 unspecified atom stereocenters. The highest BCUT2D eigenvalue weighted by Gasteiger charge is 2.26. The standard InChI is InChI=1S/C24H30ClFN2O3S/c1-16(2)12-27-24(30)17(3)28(13-18-7-5-8-19(11-18)31-4)23(29)15-32-14-20-21(25)9-6-10-22(20)26/h5-11,16-17H,12-15H2,1-4H3,(H,27,30). The Labute approximate surface area is 198 Å². The van der Waals surface area contributed by atoms with Crippen LogP contribution in [0.3, 0.4) is 0 Å². The predicted molar refractivity (Wildman–Crippen MR) is 128 cm³/mol. The van der Waals surface area contributed by atoms with E-state index in [2.05, 4.69) is 5.32 Å². The van der Waals surface area contributed by atoms with Gasteiger partial charge in [-0.3, -0.25) is 9.59 Å². The summed E-state index contributed by atoms with van der Waals surface area (Å²) in [4.78, 5) is 27.3. The summed E-state index contributed by atoms with van der Waals surface area (Å²) in [5, 5.41) is 3.22. The largest absolute Gasteiger partial charge is 0.497 e. The van der Waals surface area contributed by atoms with Crippen molar-refractivity contribution in [2.45, 2.75) is 39.1 Å². The van der Waals surface area contributed by atoms with Gasteiger partial charge in [0.2, 0.25) is 11.8 Å². The van der Waals surface area contributed by atoms with E-state index in [1.165, 1.54) is 17.8 Å². The maximum atomic E-state index is 14.0. The number of ether oxygens (including phenoxy) is 1. The maximum Gasteiger partial charge on any atom is 0.242 e. The molecule has 0 aromatic heterocycles. The SMILES string of the molecule is COc1cccc(CN(C(=O)CSCc2c(F)cccc2Cl)C(C)C(=O)NCC(C)C)c1. The van der Waals surface area contributed by atoms with E-state index in [1.807, 2.05) is 38.1 Å². The van der Waals surface area contributed by atoms with Crippen LogP contribution in [0.4, 0.5) is 4.39 Å². The van der Waals surface area contributed by atoms with Crippen LogP contribution in [0.2, 0.25) is 5.02 Å². The number of carbonyl (C=O) groups is 2. The molecule has 174 valence electrons. The summed E-state index contributed by atoms with van der Waals surface area (Å²) in [7, 11) is 1.58. The molecular formula is C24H30ClFN2O3S. The first-order valence-corrected chi connectivity index (χ1v) is 12.0. The first-order chi connectivity index (χ1) is 15.2. The number of thioether (sulfide) groups is 1. The third-order valence-electron chi connectivity index (χ3n) is 4.87. The highest BCUT2D eigenvalue weighted by atomic mass is 35.5. The fraction of sp³-hybridized carbons (Fsp3) is 0.417. The van der Waals surface area contributed by atoms with Crippen LogP contribution in [0.1, 0.15) is 31.9 Å². The molecule has 0 saturated heterocycles. The minimum atomic E-state index is -0.662. The second kappa shape index (κ2) is 12.7. The van der Waals surface area contributed by atoms with Gasteiger partial charge in [0.1, 0.15) is 17.6 Å². The fourth-order valence-electron chi connectivity index (χ4n) is 3.00. The topological polar surface area (TPSA) is 58.6 Å². The minimum Gasteiger partial charge on any atom is -0.497 e. The molecule has 2 rings (SSSR count). The molecule has 2 aromatic rings. The van der Waals surface area contributed by atoms with Gasteiger partial charge < -0.3 is 15.0 Å². The molecule has 0 heterocycles. The van der Waals surface area contributed by atoms with Crippen molar-refractivity contribution in [3.05, 3.63) is 64.4 Å². The quantitative estimate of drug-likeness (QED) is 0.496. The number of hydrogen-bond donors (Lipinski definition) is 1. The number of nitrogens with one attached hydrogen (secondary N) is 1. The summed E-state index contributed by atoms with van der Waals surface area (Å²) in [6.07, 6.45) is 0. The molecule has 2 aromatic carbocycles. The van der Waals surface area contributed by atoms with Crippen molar-refractivity contribution >= 4 is 35.2 Å². The molecule has 0 fully saturated rings. The maximum absolute atomic E-state index is 14.0. The Hall–Kier alpha value is -2.25. The number of methoxy groups -OCH3 is 1. The van der Waals surface area contributed by atoms with Crippen molar-refractivity contribution in [2.75, 3.05) is 19.4 Å². The summed E-state index contributed by atoms with van der Waals surface area (Å²) in [5.74, 6) is 0.515. The second-order valence-corrected chi connectivity index (χ2v) is 9.27. The Morgan fingerprint density at radius 3 is 2.56 bits per heavy atom. The number of rotatable bonds is 11. The molecule has 0 saturated carbocycles. The molecule has 5 nitrogen and oxygen atoms in total. The molecule has 8 heteroatoms. The van der Waals surface area contributed by atoms with E-state index in [0.717, 1.165) is 5.56 Å². The first-order valence-electron chi connectivity index (χ1n) is 10.4. The highest BCUT2D eigenvalue weighted by molar-refractivity contribution is 7.99. The van der Waals surface area contributed by atoms with Crippen molar-refractivity contribution in [2.24, 2.45) is 5.92 Å². The zero-order valence-electron chi connectivity index (χ0n) is 18.9. The lowest BCUT2D eigenvalue weighted by atomic mass is 10.1. The Morgan fingerprint density at radius 1 is 1.19 bits per heavy atom. The van der Waals surface area contributed by atoms with E-state index in [0.29, 0.717) is 28.8 Å². The molecule has 0 aliphatic heterocycles. The third kappa shape index (κ3) is 7.71. The number of benzene rings is 2. The number of nitrogens with zero attached hydrogens (tertiary/aromatic N) is 1. The van der Waals surface area contributed by atoms with Gasteiger partial charge in [-0.2, -0.15) is 0 Å².